The third-order valence-corrected chi connectivity index (χ3v) is 4.30. The summed E-state index contributed by atoms with van der Waals surface area (Å²) in [5, 5.41) is 16.2. The highest BCUT2D eigenvalue weighted by atomic mass is 32.1. The van der Waals surface area contributed by atoms with Crippen LogP contribution in [-0.4, -0.2) is 20.8 Å². The van der Waals surface area contributed by atoms with Crippen LogP contribution in [0.4, 0.5) is 11.5 Å². The largest absolute Gasteiger partial charge is 0.383 e. The minimum Gasteiger partial charge on any atom is -0.383 e. The molecule has 0 fully saturated rings. The number of nitrogens with two attached hydrogens (primary N) is 1. The number of nitrogen functional groups attached to an aromatic ring is 1. The standard InChI is InChI=1S/C14H17N5O3S/c1-14(2,3)13-18-8(7-23-13)5-17-12(20)10-4-9(19(21)22)6-16-11(10)15/h4,6-7H,5H2,1-3H3,(H2,15,16)(H,17,20). The van der Waals surface area contributed by atoms with Gasteiger partial charge in [0.05, 0.1) is 27.7 Å². The molecule has 0 aliphatic rings. The summed E-state index contributed by atoms with van der Waals surface area (Å²) in [5.41, 5.74) is 5.98. The molecule has 0 aromatic carbocycles. The van der Waals surface area contributed by atoms with Crippen molar-refractivity contribution in [3.63, 3.8) is 0 Å². The first-order chi connectivity index (χ1) is 10.7. The molecular formula is C14H17N5O3S. The van der Waals surface area contributed by atoms with E-state index in [1.54, 1.807) is 0 Å². The number of pyridine rings is 1. The summed E-state index contributed by atoms with van der Waals surface area (Å²) < 4.78 is 0. The molecule has 1 amide bonds. The highest BCUT2D eigenvalue weighted by Crippen LogP contribution is 2.25. The van der Waals surface area contributed by atoms with Crippen molar-refractivity contribution in [2.45, 2.75) is 32.7 Å². The number of nitro groups is 1. The first kappa shape index (κ1) is 16.8. The summed E-state index contributed by atoms with van der Waals surface area (Å²) in [4.78, 5) is 30.4. The van der Waals surface area contributed by atoms with Gasteiger partial charge in [-0.25, -0.2) is 9.97 Å². The summed E-state index contributed by atoms with van der Waals surface area (Å²) in [6, 6.07) is 1.11. The second kappa shape index (κ2) is 6.29. The van der Waals surface area contributed by atoms with Crippen molar-refractivity contribution in [3.05, 3.63) is 44.0 Å². The predicted molar refractivity (Wildman–Crippen MR) is 87.3 cm³/mol. The van der Waals surface area contributed by atoms with Crippen LogP contribution in [0.25, 0.3) is 0 Å². The van der Waals surface area contributed by atoms with Crippen molar-refractivity contribution in [2.75, 3.05) is 5.73 Å². The summed E-state index contributed by atoms with van der Waals surface area (Å²) in [6.07, 6.45) is 1.02. The van der Waals surface area contributed by atoms with E-state index in [1.165, 1.54) is 11.3 Å². The molecule has 0 spiro atoms. The first-order valence-electron chi connectivity index (χ1n) is 6.81. The van der Waals surface area contributed by atoms with Crippen LogP contribution in [0.15, 0.2) is 17.6 Å². The van der Waals surface area contributed by atoms with E-state index >= 15 is 0 Å². The molecule has 23 heavy (non-hydrogen) atoms. The maximum Gasteiger partial charge on any atom is 0.288 e. The molecule has 0 radical (unpaired) electrons. The molecule has 0 aliphatic heterocycles. The Bertz CT molecular complexity index is 751. The van der Waals surface area contributed by atoms with Crippen molar-refractivity contribution in [2.24, 2.45) is 0 Å². The predicted octanol–water partition coefficient (Wildman–Crippen LogP) is 2.26. The average molecular weight is 335 g/mol. The van der Waals surface area contributed by atoms with Crippen LogP contribution < -0.4 is 11.1 Å². The third-order valence-electron chi connectivity index (χ3n) is 2.98. The van der Waals surface area contributed by atoms with Crippen LogP contribution in [0.2, 0.25) is 0 Å². The highest BCUT2D eigenvalue weighted by Gasteiger charge is 2.19. The second-order valence-electron chi connectivity index (χ2n) is 5.96. The van der Waals surface area contributed by atoms with Crippen molar-refractivity contribution in [3.8, 4) is 0 Å². The van der Waals surface area contributed by atoms with E-state index in [1.807, 2.05) is 5.38 Å². The monoisotopic (exact) mass is 335 g/mol. The lowest BCUT2D eigenvalue weighted by Gasteiger charge is -2.13. The zero-order valence-electron chi connectivity index (χ0n) is 13.0. The van der Waals surface area contributed by atoms with Gasteiger partial charge in [-0.15, -0.1) is 11.3 Å². The molecule has 2 aromatic rings. The normalized spacial score (nSPS) is 11.3. The summed E-state index contributed by atoms with van der Waals surface area (Å²) in [5.74, 6) is -0.578. The van der Waals surface area contributed by atoms with Crippen molar-refractivity contribution >= 4 is 28.7 Å². The number of amides is 1. The van der Waals surface area contributed by atoms with Gasteiger partial charge in [0.2, 0.25) is 0 Å². The van der Waals surface area contributed by atoms with Crippen LogP contribution in [0.3, 0.4) is 0 Å². The second-order valence-corrected chi connectivity index (χ2v) is 6.82. The lowest BCUT2D eigenvalue weighted by molar-refractivity contribution is -0.385. The maximum atomic E-state index is 12.1. The van der Waals surface area contributed by atoms with Crippen molar-refractivity contribution < 1.29 is 9.72 Å². The quantitative estimate of drug-likeness (QED) is 0.652. The number of nitrogens with zero attached hydrogens (tertiary/aromatic N) is 3. The van der Waals surface area contributed by atoms with Crippen LogP contribution in [0.1, 0.15) is 41.8 Å². The van der Waals surface area contributed by atoms with Gasteiger partial charge in [0.25, 0.3) is 11.6 Å². The van der Waals surface area contributed by atoms with E-state index < -0.39 is 10.8 Å². The lowest BCUT2D eigenvalue weighted by atomic mass is 9.98. The van der Waals surface area contributed by atoms with E-state index in [9.17, 15) is 14.9 Å². The Morgan fingerprint density at radius 1 is 1.48 bits per heavy atom. The van der Waals surface area contributed by atoms with Crippen LogP contribution in [-0.2, 0) is 12.0 Å². The molecule has 0 saturated heterocycles. The Morgan fingerprint density at radius 2 is 2.17 bits per heavy atom. The van der Waals surface area contributed by atoms with E-state index in [4.69, 9.17) is 5.73 Å². The highest BCUT2D eigenvalue weighted by molar-refractivity contribution is 7.09. The zero-order valence-corrected chi connectivity index (χ0v) is 13.8. The molecule has 0 saturated carbocycles. The van der Waals surface area contributed by atoms with Gasteiger partial charge < -0.3 is 11.1 Å². The molecule has 8 nitrogen and oxygen atoms in total. The average Bonchev–Trinajstić information content (AvgIpc) is 2.94. The lowest BCUT2D eigenvalue weighted by Crippen LogP contribution is -2.24. The van der Waals surface area contributed by atoms with Crippen molar-refractivity contribution in [1.82, 2.24) is 15.3 Å². The van der Waals surface area contributed by atoms with Crippen LogP contribution in [0, 0.1) is 10.1 Å². The fraction of sp³-hybridized carbons (Fsp3) is 0.357. The van der Waals surface area contributed by atoms with Crippen LogP contribution in [0.5, 0.6) is 0 Å². The summed E-state index contributed by atoms with van der Waals surface area (Å²) in [6.45, 7) is 6.39. The smallest absolute Gasteiger partial charge is 0.288 e. The molecule has 2 rings (SSSR count). The van der Waals surface area contributed by atoms with Crippen LogP contribution >= 0.6 is 11.3 Å². The summed E-state index contributed by atoms with van der Waals surface area (Å²) >= 11 is 1.52. The fourth-order valence-electron chi connectivity index (χ4n) is 1.74. The van der Waals surface area contributed by atoms with Gasteiger partial charge >= 0.3 is 0 Å². The number of aromatic nitrogens is 2. The minimum absolute atomic E-state index is 0.0227. The van der Waals surface area contributed by atoms with Gasteiger partial charge in [0.15, 0.2) is 0 Å². The number of hydrogen-bond donors (Lipinski definition) is 2. The third kappa shape index (κ3) is 4.01. The maximum absolute atomic E-state index is 12.1. The molecule has 9 heteroatoms. The Morgan fingerprint density at radius 3 is 2.74 bits per heavy atom. The number of nitrogens with one attached hydrogen (secondary N) is 1. The first-order valence-corrected chi connectivity index (χ1v) is 7.69. The molecule has 0 atom stereocenters. The van der Waals surface area contributed by atoms with Gasteiger partial charge in [-0.1, -0.05) is 20.8 Å². The molecule has 2 heterocycles. The van der Waals surface area contributed by atoms with E-state index in [2.05, 4.69) is 36.1 Å². The Kier molecular flexibility index (Phi) is 4.60. The number of hydrogen-bond acceptors (Lipinski definition) is 7. The number of carbonyl (C=O) groups is 1. The molecule has 122 valence electrons. The molecule has 0 bridgehead atoms. The Labute approximate surface area is 136 Å². The molecule has 3 N–H and O–H groups in total. The molecular weight excluding hydrogens is 318 g/mol. The SMILES string of the molecule is CC(C)(C)c1nc(CNC(=O)c2cc([N+](=O)[O-])cnc2N)cs1. The van der Waals surface area contributed by atoms with Gasteiger partial charge in [-0.2, -0.15) is 0 Å². The topological polar surface area (TPSA) is 124 Å². The van der Waals surface area contributed by atoms with E-state index in [0.29, 0.717) is 0 Å². The Hall–Kier alpha value is -2.55. The van der Waals surface area contributed by atoms with E-state index in [-0.39, 0.29) is 29.0 Å². The Balaban J connectivity index is 2.09. The fourth-order valence-corrected chi connectivity index (χ4v) is 2.65. The summed E-state index contributed by atoms with van der Waals surface area (Å²) in [7, 11) is 0. The minimum atomic E-state index is -0.626. The number of carbonyl (C=O) groups excluding carboxylic acids is 1. The van der Waals surface area contributed by atoms with Crippen molar-refractivity contribution in [1.29, 1.82) is 0 Å². The van der Waals surface area contributed by atoms with Gasteiger partial charge in [-0.05, 0) is 0 Å². The number of thiazole rings is 1. The van der Waals surface area contributed by atoms with Gasteiger partial charge in [0, 0.05) is 16.9 Å². The zero-order chi connectivity index (χ0) is 17.2. The molecule has 2 aromatic heterocycles. The number of rotatable bonds is 4. The van der Waals surface area contributed by atoms with Gasteiger partial charge in [0.1, 0.15) is 12.0 Å². The van der Waals surface area contributed by atoms with Gasteiger partial charge in [-0.3, -0.25) is 14.9 Å². The molecule has 0 unspecified atom stereocenters. The van der Waals surface area contributed by atoms with E-state index in [0.717, 1.165) is 23.0 Å². The number of anilines is 1. The molecule has 0 aliphatic carbocycles.